The van der Waals surface area contributed by atoms with E-state index in [1.54, 1.807) is 13.0 Å². The van der Waals surface area contributed by atoms with Crippen LogP contribution in [0.1, 0.15) is 79.7 Å². The van der Waals surface area contributed by atoms with Gasteiger partial charge in [0, 0.05) is 17.5 Å². The molecule has 0 aliphatic heterocycles. The van der Waals surface area contributed by atoms with Gasteiger partial charge in [-0.2, -0.15) is 0 Å². The van der Waals surface area contributed by atoms with Gasteiger partial charge in [0.15, 0.2) is 5.76 Å². The molecule has 0 fully saturated rings. The van der Waals surface area contributed by atoms with Crippen LogP contribution in [-0.4, -0.2) is 75.3 Å². The molecule has 1 aromatic heterocycles. The lowest BCUT2D eigenvalue weighted by molar-refractivity contribution is -0.168. The second-order valence-electron chi connectivity index (χ2n) is 9.82. The smallest absolute Gasteiger partial charge is 0.326 e. The van der Waals surface area contributed by atoms with E-state index in [-0.39, 0.29) is 30.8 Å². The summed E-state index contributed by atoms with van der Waals surface area (Å²) in [6.07, 6.45) is 2.97. The topological polar surface area (TPSA) is 216 Å². The fourth-order valence-corrected chi connectivity index (χ4v) is 4.44. The molecule has 6 N–H and O–H groups in total. The van der Waals surface area contributed by atoms with Crippen molar-refractivity contribution in [2.45, 2.75) is 70.9 Å². The average molecular weight is 603 g/mol. The normalized spacial score (nSPS) is 12.8. The number of carbonyl (C=O) groups excluding carboxylic acids is 4. The molecule has 0 aliphatic carbocycles. The molecular weight excluding hydrogens is 564 g/mol. The van der Waals surface area contributed by atoms with Crippen LogP contribution in [0.15, 0.2) is 40.8 Å². The molecule has 234 valence electrons. The van der Waals surface area contributed by atoms with E-state index in [0.29, 0.717) is 29.2 Å². The molecule has 43 heavy (non-hydrogen) atoms. The fourth-order valence-electron chi connectivity index (χ4n) is 4.44. The average Bonchev–Trinajstić information content (AvgIpc) is 3.49. The van der Waals surface area contributed by atoms with Crippen LogP contribution >= 0.6 is 0 Å². The number of hydrogen-bond donors (Lipinski definition) is 6. The molecule has 0 aliphatic rings. The Kier molecular flexibility index (Phi) is 13.9. The zero-order valence-corrected chi connectivity index (χ0v) is 24.1. The number of furan rings is 1. The molecule has 0 saturated carbocycles. The van der Waals surface area contributed by atoms with E-state index in [1.807, 2.05) is 6.92 Å². The van der Waals surface area contributed by atoms with Crippen molar-refractivity contribution in [3.05, 3.63) is 47.7 Å². The van der Waals surface area contributed by atoms with Crippen LogP contribution in [0, 0.1) is 5.92 Å². The van der Waals surface area contributed by atoms with Crippen molar-refractivity contribution in [2.75, 3.05) is 6.67 Å². The van der Waals surface area contributed by atoms with Gasteiger partial charge in [0.1, 0.15) is 11.8 Å². The summed E-state index contributed by atoms with van der Waals surface area (Å²) < 4.78 is 5.62. The van der Waals surface area contributed by atoms with Gasteiger partial charge in [-0.3, -0.25) is 29.2 Å². The summed E-state index contributed by atoms with van der Waals surface area (Å²) in [6.45, 7) is 3.57. The minimum absolute atomic E-state index is 0.0396. The molecule has 4 amide bonds. The summed E-state index contributed by atoms with van der Waals surface area (Å²) in [6, 6.07) is 6.84. The van der Waals surface area contributed by atoms with Crippen LogP contribution in [0.25, 0.3) is 11.3 Å². The minimum Gasteiger partial charge on any atom is -0.481 e. The second kappa shape index (κ2) is 17.3. The summed E-state index contributed by atoms with van der Waals surface area (Å²) in [5.74, 6) is -4.63. The predicted octanol–water partition coefficient (Wildman–Crippen LogP) is 2.62. The molecule has 1 aromatic carbocycles. The number of hydrogen-bond acceptors (Lipinski definition) is 8. The van der Waals surface area contributed by atoms with E-state index >= 15 is 0 Å². The number of nitrogens with zero attached hydrogens (tertiary/aromatic N) is 1. The highest BCUT2D eigenvalue weighted by Gasteiger charge is 2.30. The molecule has 2 aromatic rings. The van der Waals surface area contributed by atoms with Gasteiger partial charge in [-0.05, 0) is 43.5 Å². The summed E-state index contributed by atoms with van der Waals surface area (Å²) in [7, 11) is 0. The summed E-state index contributed by atoms with van der Waals surface area (Å²) in [4.78, 5) is 71.1. The fraction of sp³-hybridized carbons (Fsp3) is 0.448. The first kappa shape index (κ1) is 34.5. The van der Waals surface area contributed by atoms with Crippen LogP contribution < -0.4 is 16.0 Å². The molecule has 14 heteroatoms. The van der Waals surface area contributed by atoms with Crippen molar-refractivity contribution in [3.63, 3.8) is 0 Å². The number of carboxylic acid groups (broad SMARTS) is 2. The Morgan fingerprint density at radius 2 is 1.63 bits per heavy atom. The van der Waals surface area contributed by atoms with Gasteiger partial charge in [-0.25, -0.2) is 9.86 Å². The number of rotatable bonds is 19. The summed E-state index contributed by atoms with van der Waals surface area (Å²) >= 11 is 0. The molecular formula is C29H38N4O10. The number of aliphatic carboxylic acids is 2. The van der Waals surface area contributed by atoms with E-state index in [4.69, 9.17) is 9.52 Å². The highest BCUT2D eigenvalue weighted by molar-refractivity contribution is 5.97. The minimum atomic E-state index is -1.36. The molecule has 14 nitrogen and oxygen atoms in total. The number of unbranched alkanes of at least 4 members (excludes halogenated alkanes) is 2. The van der Waals surface area contributed by atoms with Crippen molar-refractivity contribution in [1.29, 1.82) is 0 Å². The number of carboxylic acids is 2. The van der Waals surface area contributed by atoms with Gasteiger partial charge in [-0.1, -0.05) is 45.2 Å². The molecule has 0 saturated heterocycles. The van der Waals surface area contributed by atoms with Crippen LogP contribution in [0.5, 0.6) is 0 Å². The number of amides is 4. The van der Waals surface area contributed by atoms with Gasteiger partial charge >= 0.3 is 11.9 Å². The number of benzene rings is 1. The third-order valence-corrected chi connectivity index (χ3v) is 6.81. The lowest BCUT2D eigenvalue weighted by Gasteiger charge is -2.29. The zero-order chi connectivity index (χ0) is 31.9. The van der Waals surface area contributed by atoms with Crippen molar-refractivity contribution in [1.82, 2.24) is 21.0 Å². The van der Waals surface area contributed by atoms with Gasteiger partial charge in [0.25, 0.3) is 11.8 Å². The van der Waals surface area contributed by atoms with E-state index in [1.165, 1.54) is 30.3 Å². The number of nitrogens with one attached hydrogen (secondary N) is 3. The van der Waals surface area contributed by atoms with Crippen LogP contribution in [0.4, 0.5) is 0 Å². The van der Waals surface area contributed by atoms with Gasteiger partial charge in [-0.15, -0.1) is 0 Å². The Balaban J connectivity index is 1.97. The Labute approximate surface area is 248 Å². The van der Waals surface area contributed by atoms with Crippen molar-refractivity contribution >= 4 is 36.1 Å². The largest absolute Gasteiger partial charge is 0.481 e. The molecule has 0 radical (unpaired) electrons. The van der Waals surface area contributed by atoms with E-state index in [2.05, 4.69) is 16.0 Å². The van der Waals surface area contributed by atoms with Crippen LogP contribution in [0.3, 0.4) is 0 Å². The lowest BCUT2D eigenvalue weighted by atomic mass is 9.90. The lowest BCUT2D eigenvalue weighted by Crippen LogP contribution is -2.47. The van der Waals surface area contributed by atoms with E-state index < -0.39 is 54.1 Å². The highest BCUT2D eigenvalue weighted by atomic mass is 16.5. The quantitative estimate of drug-likeness (QED) is 0.0454. The van der Waals surface area contributed by atoms with Gasteiger partial charge < -0.3 is 30.6 Å². The highest BCUT2D eigenvalue weighted by Crippen LogP contribution is 2.23. The first-order chi connectivity index (χ1) is 20.5. The molecule has 3 atom stereocenters. The van der Waals surface area contributed by atoms with Crippen LogP contribution in [-0.2, 0) is 19.2 Å². The maximum Gasteiger partial charge on any atom is 0.326 e. The van der Waals surface area contributed by atoms with Crippen LogP contribution in [0.2, 0.25) is 0 Å². The Hall–Kier alpha value is -4.72. The van der Waals surface area contributed by atoms with Crippen molar-refractivity contribution < 1.29 is 48.6 Å². The maximum atomic E-state index is 12.9. The summed E-state index contributed by atoms with van der Waals surface area (Å²) in [5.41, 5.74) is 0.662. The first-order valence-electron chi connectivity index (χ1n) is 14.0. The monoisotopic (exact) mass is 602 g/mol. The third kappa shape index (κ3) is 10.6. The molecule has 2 rings (SSSR count). The van der Waals surface area contributed by atoms with Gasteiger partial charge in [0.05, 0.1) is 18.6 Å². The molecule has 2 unspecified atom stereocenters. The Morgan fingerprint density at radius 3 is 2.21 bits per heavy atom. The number of hydroxylamine groups is 2. The molecule has 0 spiro atoms. The summed E-state index contributed by atoms with van der Waals surface area (Å²) in [5, 5.41) is 35.9. The standard InChI is InChI=1S/C29H38N4O10/c1-3-5-6-7-20(22(4-2)33(42)17-34)27(38)30-16-31-28(39)24-14-13-23(43-24)18-8-10-19(11-9-18)26(37)32-21(29(40)41)12-15-25(35)36/h8-11,13-14,17,20-22,42H,3-7,12,15-16H2,1-2H3,(H,30,38)(H,31,39)(H,32,37)(H,35,36)(H,40,41)/t20?,21?,22-/m1/s1. The van der Waals surface area contributed by atoms with E-state index in [9.17, 15) is 39.1 Å². The molecule has 0 bridgehead atoms. The van der Waals surface area contributed by atoms with Gasteiger partial charge in [0.2, 0.25) is 12.3 Å². The molecule has 1 heterocycles. The predicted molar refractivity (Wildman–Crippen MR) is 152 cm³/mol. The third-order valence-electron chi connectivity index (χ3n) is 6.81. The Morgan fingerprint density at radius 1 is 0.930 bits per heavy atom. The SMILES string of the molecule is CCCCCC(C(=O)NCNC(=O)c1ccc(-c2ccc(C(=O)NC(CCC(=O)O)C(=O)O)cc2)o1)[C@@H](CC)N(O)C=O. The number of carbonyl (C=O) groups is 6. The first-order valence-corrected chi connectivity index (χ1v) is 14.0. The maximum absolute atomic E-state index is 12.9. The van der Waals surface area contributed by atoms with E-state index in [0.717, 1.165) is 19.3 Å². The zero-order valence-electron chi connectivity index (χ0n) is 24.1. The Bertz CT molecular complexity index is 1260. The van der Waals surface area contributed by atoms with Crippen molar-refractivity contribution in [3.8, 4) is 11.3 Å². The second-order valence-corrected chi connectivity index (χ2v) is 9.82. The van der Waals surface area contributed by atoms with Crippen molar-refractivity contribution in [2.24, 2.45) is 5.92 Å².